The molecular weight excluding hydrogens is 202 g/mol. The predicted molar refractivity (Wildman–Crippen MR) is 76.5 cm³/mol. The van der Waals surface area contributed by atoms with E-state index in [-0.39, 0.29) is 5.41 Å². The molecule has 0 aliphatic heterocycles. The van der Waals surface area contributed by atoms with E-state index in [9.17, 15) is 0 Å². The first-order valence-electron chi connectivity index (χ1n) is 7.41. The third kappa shape index (κ3) is 2.22. The van der Waals surface area contributed by atoms with E-state index in [1.165, 1.54) is 44.9 Å². The van der Waals surface area contributed by atoms with Crippen LogP contribution in [0.15, 0.2) is 0 Å². The van der Waals surface area contributed by atoms with Crippen molar-refractivity contribution in [1.29, 1.82) is 0 Å². The first-order valence-corrected chi connectivity index (χ1v) is 7.41. The van der Waals surface area contributed by atoms with Crippen LogP contribution < -0.4 is 0 Å². The van der Waals surface area contributed by atoms with Crippen molar-refractivity contribution in [3.05, 3.63) is 0 Å². The molecule has 2 fully saturated rings. The van der Waals surface area contributed by atoms with Gasteiger partial charge >= 0.3 is 0 Å². The second-order valence-corrected chi connectivity index (χ2v) is 7.32. The van der Waals surface area contributed by atoms with Crippen molar-refractivity contribution in [3.8, 4) is 0 Å². The summed E-state index contributed by atoms with van der Waals surface area (Å²) in [5.74, 6) is 0.524. The van der Waals surface area contributed by atoms with Crippen molar-refractivity contribution < 1.29 is 0 Å². The maximum Gasteiger partial charge on any atom is 0.0631 e. The average Bonchev–Trinajstić information content (AvgIpc) is 2.90. The van der Waals surface area contributed by atoms with E-state index in [1.807, 2.05) is 0 Å². The fourth-order valence-corrected chi connectivity index (χ4v) is 4.05. The molecular formula is C15H26B2. The highest BCUT2D eigenvalue weighted by molar-refractivity contribution is 6.40. The van der Waals surface area contributed by atoms with Crippen LogP contribution in [0.1, 0.15) is 72.1 Å². The van der Waals surface area contributed by atoms with Gasteiger partial charge in [0.05, 0.1) is 15.7 Å². The van der Waals surface area contributed by atoms with Gasteiger partial charge in [0.25, 0.3) is 0 Å². The SMILES string of the molecule is [B]C([B])(C1CCC2(CCCC2)C1)C(C)(C)CC. The van der Waals surface area contributed by atoms with Crippen molar-refractivity contribution in [3.63, 3.8) is 0 Å². The molecule has 2 heteroatoms. The summed E-state index contributed by atoms with van der Waals surface area (Å²) in [4.78, 5) is 0. The van der Waals surface area contributed by atoms with Gasteiger partial charge in [-0.3, -0.25) is 0 Å². The van der Waals surface area contributed by atoms with Crippen LogP contribution in [0.2, 0.25) is 5.21 Å². The zero-order valence-electron chi connectivity index (χ0n) is 11.9. The van der Waals surface area contributed by atoms with E-state index in [0.717, 1.165) is 6.42 Å². The van der Waals surface area contributed by atoms with Crippen LogP contribution in [0.25, 0.3) is 0 Å². The van der Waals surface area contributed by atoms with Crippen molar-refractivity contribution in [2.75, 3.05) is 0 Å². The van der Waals surface area contributed by atoms with Crippen LogP contribution in [0.5, 0.6) is 0 Å². The maximum atomic E-state index is 6.54. The van der Waals surface area contributed by atoms with Crippen LogP contribution in [-0.4, -0.2) is 15.7 Å². The Kier molecular flexibility index (Phi) is 3.47. The van der Waals surface area contributed by atoms with Gasteiger partial charge in [-0.15, -0.1) is 0 Å². The van der Waals surface area contributed by atoms with Crippen molar-refractivity contribution in [1.82, 2.24) is 0 Å². The van der Waals surface area contributed by atoms with Gasteiger partial charge in [-0.25, -0.2) is 0 Å². The van der Waals surface area contributed by atoms with E-state index < -0.39 is 5.21 Å². The fraction of sp³-hybridized carbons (Fsp3) is 1.00. The average molecular weight is 228 g/mol. The molecule has 2 aliphatic rings. The first kappa shape index (κ1) is 13.6. The Labute approximate surface area is 110 Å². The molecule has 1 spiro atoms. The van der Waals surface area contributed by atoms with E-state index in [0.29, 0.717) is 11.3 Å². The Balaban J connectivity index is 2.09. The van der Waals surface area contributed by atoms with Crippen LogP contribution in [0.3, 0.4) is 0 Å². The summed E-state index contributed by atoms with van der Waals surface area (Å²) in [7, 11) is 13.1. The molecule has 17 heavy (non-hydrogen) atoms. The summed E-state index contributed by atoms with van der Waals surface area (Å²) in [5, 5.41) is -0.492. The molecule has 0 aromatic carbocycles. The van der Waals surface area contributed by atoms with E-state index >= 15 is 0 Å². The van der Waals surface area contributed by atoms with E-state index in [4.69, 9.17) is 15.7 Å². The van der Waals surface area contributed by atoms with Crippen LogP contribution in [0.4, 0.5) is 0 Å². The second-order valence-electron chi connectivity index (χ2n) is 7.32. The molecule has 1 unspecified atom stereocenters. The summed E-state index contributed by atoms with van der Waals surface area (Å²) in [6, 6.07) is 0. The van der Waals surface area contributed by atoms with E-state index in [1.54, 1.807) is 0 Å². The third-order valence-corrected chi connectivity index (χ3v) is 6.10. The molecule has 0 aromatic heterocycles. The zero-order valence-corrected chi connectivity index (χ0v) is 11.9. The first-order chi connectivity index (χ1) is 7.83. The lowest BCUT2D eigenvalue weighted by Gasteiger charge is -2.47. The lowest BCUT2D eigenvalue weighted by Crippen LogP contribution is -2.38. The van der Waals surface area contributed by atoms with Gasteiger partial charge in [-0.05, 0) is 36.5 Å². The third-order valence-electron chi connectivity index (χ3n) is 6.10. The quantitative estimate of drug-likeness (QED) is 0.633. The second kappa shape index (κ2) is 4.35. The summed E-state index contributed by atoms with van der Waals surface area (Å²) < 4.78 is 0. The highest BCUT2D eigenvalue weighted by Crippen LogP contribution is 2.61. The zero-order chi connectivity index (χ0) is 12.7. The van der Waals surface area contributed by atoms with Gasteiger partial charge in [0.1, 0.15) is 0 Å². The Hall–Kier alpha value is 0.130. The van der Waals surface area contributed by atoms with Gasteiger partial charge in [-0.2, -0.15) is 0 Å². The number of hydrogen-bond acceptors (Lipinski definition) is 0. The molecule has 0 nitrogen and oxygen atoms in total. The van der Waals surface area contributed by atoms with Crippen molar-refractivity contribution in [2.45, 2.75) is 77.4 Å². The molecule has 92 valence electrons. The molecule has 0 bridgehead atoms. The lowest BCUT2D eigenvalue weighted by atomic mass is 9.37. The largest absolute Gasteiger partial charge is 0.0913 e. The fourth-order valence-electron chi connectivity index (χ4n) is 4.05. The van der Waals surface area contributed by atoms with Crippen LogP contribution >= 0.6 is 0 Å². The minimum Gasteiger partial charge on any atom is -0.0913 e. The normalized spacial score (nSPS) is 29.0. The highest BCUT2D eigenvalue weighted by atomic mass is 14.5. The molecule has 0 heterocycles. The molecule has 4 radical (unpaired) electrons. The summed E-state index contributed by atoms with van der Waals surface area (Å²) in [6.07, 6.45) is 10.6. The maximum absolute atomic E-state index is 6.54. The number of rotatable bonds is 3. The smallest absolute Gasteiger partial charge is 0.0631 e. The minimum atomic E-state index is -0.492. The van der Waals surface area contributed by atoms with Crippen LogP contribution in [-0.2, 0) is 0 Å². The van der Waals surface area contributed by atoms with Gasteiger partial charge in [0.15, 0.2) is 0 Å². The predicted octanol–water partition coefficient (Wildman–Crippen LogP) is 4.24. The van der Waals surface area contributed by atoms with Crippen molar-refractivity contribution in [2.24, 2.45) is 16.7 Å². The van der Waals surface area contributed by atoms with Gasteiger partial charge < -0.3 is 0 Å². The monoisotopic (exact) mass is 228 g/mol. The summed E-state index contributed by atoms with van der Waals surface area (Å²) in [6.45, 7) is 6.66. The molecule has 1 atom stereocenters. The Morgan fingerprint density at radius 2 is 1.71 bits per heavy atom. The molecule has 0 saturated heterocycles. The Morgan fingerprint density at radius 1 is 1.12 bits per heavy atom. The summed E-state index contributed by atoms with van der Waals surface area (Å²) >= 11 is 0. The summed E-state index contributed by atoms with van der Waals surface area (Å²) in [5.41, 5.74) is 0.667. The number of hydrogen-bond donors (Lipinski definition) is 0. The Morgan fingerprint density at radius 3 is 2.24 bits per heavy atom. The minimum absolute atomic E-state index is 0.0435. The van der Waals surface area contributed by atoms with Crippen molar-refractivity contribution >= 4 is 15.7 Å². The Bertz CT molecular complexity index is 275. The van der Waals surface area contributed by atoms with Crippen LogP contribution in [0, 0.1) is 16.7 Å². The molecule has 2 saturated carbocycles. The van der Waals surface area contributed by atoms with Gasteiger partial charge in [-0.1, -0.05) is 57.6 Å². The van der Waals surface area contributed by atoms with E-state index in [2.05, 4.69) is 20.8 Å². The van der Waals surface area contributed by atoms with Gasteiger partial charge in [0.2, 0.25) is 0 Å². The molecule has 0 amide bonds. The highest BCUT2D eigenvalue weighted by Gasteiger charge is 2.49. The molecule has 0 N–H and O–H groups in total. The lowest BCUT2D eigenvalue weighted by molar-refractivity contribution is 0.206. The molecule has 2 rings (SSSR count). The molecule has 0 aromatic rings. The standard InChI is InChI=1S/C15H26B2/c1-4-13(2,3)15(16,17)12-7-10-14(11-12)8-5-6-9-14/h12H,4-11H2,1-3H3. The van der Waals surface area contributed by atoms with Gasteiger partial charge in [0, 0.05) is 0 Å². The topological polar surface area (TPSA) is 0 Å². The molecule has 2 aliphatic carbocycles.